The van der Waals surface area contributed by atoms with Crippen molar-refractivity contribution in [3.8, 4) is 0 Å². The van der Waals surface area contributed by atoms with Crippen LogP contribution in [-0.2, 0) is 0 Å². The molecule has 1 amide bonds. The van der Waals surface area contributed by atoms with Gasteiger partial charge in [-0.2, -0.15) is 4.98 Å². The van der Waals surface area contributed by atoms with Gasteiger partial charge in [-0.15, -0.1) is 5.10 Å². The standard InChI is InChI=1S/C12H15N5O/c1-7-6-8(2)17-12(13-7)14-10(15-17)11(18)16(3)9-4-5-9/h6,9H,4-5H2,1-3H3. The summed E-state index contributed by atoms with van der Waals surface area (Å²) in [5, 5.41) is 4.24. The predicted molar refractivity (Wildman–Crippen MR) is 65.4 cm³/mol. The van der Waals surface area contributed by atoms with Crippen molar-refractivity contribution in [1.29, 1.82) is 0 Å². The molecular weight excluding hydrogens is 230 g/mol. The molecule has 1 aliphatic carbocycles. The van der Waals surface area contributed by atoms with Gasteiger partial charge in [0.15, 0.2) is 0 Å². The Kier molecular flexibility index (Phi) is 2.33. The van der Waals surface area contributed by atoms with Crippen LogP contribution in [0, 0.1) is 13.8 Å². The summed E-state index contributed by atoms with van der Waals surface area (Å²) in [6.07, 6.45) is 2.15. The highest BCUT2D eigenvalue weighted by Crippen LogP contribution is 2.26. The predicted octanol–water partition coefficient (Wildman–Crippen LogP) is 0.976. The van der Waals surface area contributed by atoms with Crippen LogP contribution in [0.25, 0.3) is 5.78 Å². The summed E-state index contributed by atoms with van der Waals surface area (Å²) in [6, 6.07) is 2.28. The normalized spacial score (nSPS) is 15.1. The highest BCUT2D eigenvalue weighted by Gasteiger charge is 2.32. The zero-order chi connectivity index (χ0) is 12.9. The van der Waals surface area contributed by atoms with Gasteiger partial charge >= 0.3 is 0 Å². The molecule has 0 radical (unpaired) electrons. The van der Waals surface area contributed by atoms with Crippen molar-refractivity contribution in [2.45, 2.75) is 32.7 Å². The number of amides is 1. The molecule has 94 valence electrons. The molecule has 6 nitrogen and oxygen atoms in total. The van der Waals surface area contributed by atoms with E-state index in [0.717, 1.165) is 24.2 Å². The van der Waals surface area contributed by atoms with E-state index >= 15 is 0 Å². The Hall–Kier alpha value is -1.98. The fourth-order valence-electron chi connectivity index (χ4n) is 2.04. The summed E-state index contributed by atoms with van der Waals surface area (Å²) in [5.41, 5.74) is 1.81. The molecule has 0 bridgehead atoms. The minimum Gasteiger partial charge on any atom is -0.336 e. The van der Waals surface area contributed by atoms with Gasteiger partial charge in [0.25, 0.3) is 11.7 Å². The molecule has 0 atom stereocenters. The van der Waals surface area contributed by atoms with Gasteiger partial charge in [0.05, 0.1) is 0 Å². The monoisotopic (exact) mass is 245 g/mol. The second kappa shape index (κ2) is 3.76. The molecule has 0 saturated heterocycles. The molecule has 0 aliphatic heterocycles. The second-order valence-corrected chi connectivity index (χ2v) is 4.83. The van der Waals surface area contributed by atoms with Gasteiger partial charge in [-0.1, -0.05) is 0 Å². The van der Waals surface area contributed by atoms with Gasteiger partial charge in [-0.3, -0.25) is 4.79 Å². The molecule has 1 fully saturated rings. The summed E-state index contributed by atoms with van der Waals surface area (Å²) in [7, 11) is 1.80. The minimum absolute atomic E-state index is 0.125. The number of rotatable bonds is 2. The maximum absolute atomic E-state index is 12.2. The topological polar surface area (TPSA) is 63.4 Å². The summed E-state index contributed by atoms with van der Waals surface area (Å²) < 4.78 is 1.61. The highest BCUT2D eigenvalue weighted by molar-refractivity contribution is 5.91. The average molecular weight is 245 g/mol. The third-order valence-corrected chi connectivity index (χ3v) is 3.22. The minimum atomic E-state index is -0.125. The van der Waals surface area contributed by atoms with E-state index in [4.69, 9.17) is 0 Å². The van der Waals surface area contributed by atoms with Crippen LogP contribution in [-0.4, -0.2) is 43.5 Å². The number of hydrogen-bond acceptors (Lipinski definition) is 4. The molecule has 1 aliphatic rings. The molecule has 0 spiro atoms. The Labute approximate surface area is 105 Å². The Balaban J connectivity index is 2.02. The average Bonchev–Trinajstić information content (AvgIpc) is 3.07. The van der Waals surface area contributed by atoms with E-state index in [1.807, 2.05) is 19.9 Å². The molecule has 0 N–H and O–H groups in total. The van der Waals surface area contributed by atoms with Gasteiger partial charge in [-0.25, -0.2) is 9.50 Å². The molecule has 3 rings (SSSR count). The fraction of sp³-hybridized carbons (Fsp3) is 0.500. The number of carbonyl (C=O) groups excluding carboxylic acids is 1. The lowest BCUT2D eigenvalue weighted by atomic mass is 10.4. The largest absolute Gasteiger partial charge is 0.336 e. The van der Waals surface area contributed by atoms with E-state index in [9.17, 15) is 4.79 Å². The van der Waals surface area contributed by atoms with Crippen molar-refractivity contribution in [2.75, 3.05) is 7.05 Å². The summed E-state index contributed by atoms with van der Waals surface area (Å²) in [6.45, 7) is 3.83. The Bertz CT molecular complexity index is 629. The van der Waals surface area contributed by atoms with E-state index in [0.29, 0.717) is 11.8 Å². The zero-order valence-corrected chi connectivity index (χ0v) is 10.7. The van der Waals surface area contributed by atoms with E-state index in [2.05, 4.69) is 15.1 Å². The van der Waals surface area contributed by atoms with Gasteiger partial charge in [0, 0.05) is 24.5 Å². The SMILES string of the molecule is Cc1cc(C)n2nc(C(=O)N(C)C3CC3)nc2n1. The molecule has 18 heavy (non-hydrogen) atoms. The van der Waals surface area contributed by atoms with E-state index in [1.54, 1.807) is 16.5 Å². The molecule has 0 unspecified atom stereocenters. The highest BCUT2D eigenvalue weighted by atomic mass is 16.2. The summed E-state index contributed by atoms with van der Waals surface area (Å²) in [5.74, 6) is 0.589. The van der Waals surface area contributed by atoms with Crippen LogP contribution in [0.1, 0.15) is 34.8 Å². The van der Waals surface area contributed by atoms with Crippen molar-refractivity contribution in [3.63, 3.8) is 0 Å². The van der Waals surface area contributed by atoms with Gasteiger partial charge < -0.3 is 4.90 Å². The maximum atomic E-state index is 12.2. The number of aryl methyl sites for hydroxylation is 2. The van der Waals surface area contributed by atoms with E-state index in [-0.39, 0.29) is 11.7 Å². The summed E-state index contributed by atoms with van der Waals surface area (Å²) in [4.78, 5) is 22.4. The third kappa shape index (κ3) is 1.73. The zero-order valence-electron chi connectivity index (χ0n) is 10.7. The number of aromatic nitrogens is 4. The van der Waals surface area contributed by atoms with Gasteiger partial charge in [0.2, 0.25) is 5.82 Å². The van der Waals surface area contributed by atoms with Crippen molar-refractivity contribution in [3.05, 3.63) is 23.3 Å². The van der Waals surface area contributed by atoms with E-state index < -0.39 is 0 Å². The Morgan fingerprint density at radius 1 is 1.39 bits per heavy atom. The van der Waals surface area contributed by atoms with Crippen molar-refractivity contribution in [1.82, 2.24) is 24.5 Å². The smallest absolute Gasteiger partial charge is 0.293 e. The van der Waals surface area contributed by atoms with E-state index in [1.165, 1.54) is 0 Å². The number of hydrogen-bond donors (Lipinski definition) is 0. The summed E-state index contributed by atoms with van der Waals surface area (Å²) >= 11 is 0. The molecule has 1 saturated carbocycles. The number of fused-ring (bicyclic) bond motifs is 1. The van der Waals surface area contributed by atoms with Crippen LogP contribution in [0.15, 0.2) is 6.07 Å². The van der Waals surface area contributed by atoms with Gasteiger partial charge in [0.1, 0.15) is 0 Å². The van der Waals surface area contributed by atoms with Crippen molar-refractivity contribution >= 4 is 11.7 Å². The first kappa shape index (κ1) is 11.1. The van der Waals surface area contributed by atoms with Crippen LogP contribution in [0.3, 0.4) is 0 Å². The lowest BCUT2D eigenvalue weighted by Crippen LogP contribution is -2.29. The molecule has 0 aromatic carbocycles. The van der Waals surface area contributed by atoms with Crippen LogP contribution < -0.4 is 0 Å². The second-order valence-electron chi connectivity index (χ2n) is 4.83. The van der Waals surface area contributed by atoms with Crippen LogP contribution in [0.5, 0.6) is 0 Å². The number of nitrogens with zero attached hydrogens (tertiary/aromatic N) is 5. The first-order chi connectivity index (χ1) is 8.56. The molecule has 2 aromatic rings. The molecule has 2 aromatic heterocycles. The first-order valence-corrected chi connectivity index (χ1v) is 6.04. The van der Waals surface area contributed by atoms with Crippen molar-refractivity contribution in [2.24, 2.45) is 0 Å². The quantitative estimate of drug-likeness (QED) is 0.791. The Morgan fingerprint density at radius 2 is 2.11 bits per heavy atom. The van der Waals surface area contributed by atoms with Crippen LogP contribution in [0.2, 0.25) is 0 Å². The number of carbonyl (C=O) groups is 1. The molecule has 6 heteroatoms. The lowest BCUT2D eigenvalue weighted by Gasteiger charge is -2.12. The third-order valence-electron chi connectivity index (χ3n) is 3.22. The maximum Gasteiger partial charge on any atom is 0.293 e. The van der Waals surface area contributed by atoms with Crippen molar-refractivity contribution < 1.29 is 4.79 Å². The van der Waals surface area contributed by atoms with Crippen LogP contribution >= 0.6 is 0 Å². The first-order valence-electron chi connectivity index (χ1n) is 6.04. The van der Waals surface area contributed by atoms with Crippen LogP contribution in [0.4, 0.5) is 0 Å². The molecular formula is C12H15N5O. The molecule has 2 heterocycles. The lowest BCUT2D eigenvalue weighted by molar-refractivity contribution is 0.0773. The fourth-order valence-corrected chi connectivity index (χ4v) is 2.04. The Morgan fingerprint density at radius 3 is 2.78 bits per heavy atom. The van der Waals surface area contributed by atoms with Gasteiger partial charge in [-0.05, 0) is 32.8 Å².